The fourth-order valence-electron chi connectivity index (χ4n) is 1.01. The molecule has 1 amide bonds. The standard InChI is InChI=1S/C8H16N2O3/c1-2-3-6(4-9)8(13)10-5-7(11)12/h6H,2-5,9H2,1H3,(H,10,13)(H,11,12). The third-order valence-electron chi connectivity index (χ3n) is 1.71. The second-order valence-corrected chi connectivity index (χ2v) is 2.83. The van der Waals surface area contributed by atoms with E-state index < -0.39 is 5.97 Å². The molecule has 0 aliphatic carbocycles. The average Bonchev–Trinajstić information content (AvgIpc) is 2.10. The number of aliphatic carboxylic acids is 1. The van der Waals surface area contributed by atoms with Gasteiger partial charge in [-0.3, -0.25) is 9.59 Å². The maximum atomic E-state index is 11.2. The quantitative estimate of drug-likeness (QED) is 0.527. The minimum absolute atomic E-state index is 0.260. The SMILES string of the molecule is CCCC(CN)C(=O)NCC(=O)O. The fourth-order valence-corrected chi connectivity index (χ4v) is 1.01. The number of hydrogen-bond donors (Lipinski definition) is 3. The molecule has 0 radical (unpaired) electrons. The van der Waals surface area contributed by atoms with Crippen molar-refractivity contribution in [2.45, 2.75) is 19.8 Å². The van der Waals surface area contributed by atoms with Crippen LogP contribution < -0.4 is 11.1 Å². The molecule has 0 aromatic carbocycles. The van der Waals surface area contributed by atoms with Gasteiger partial charge >= 0.3 is 5.97 Å². The van der Waals surface area contributed by atoms with Crippen molar-refractivity contribution in [3.63, 3.8) is 0 Å². The summed E-state index contributed by atoms with van der Waals surface area (Å²) in [4.78, 5) is 21.3. The van der Waals surface area contributed by atoms with Crippen LogP contribution in [0.4, 0.5) is 0 Å². The second-order valence-electron chi connectivity index (χ2n) is 2.83. The van der Waals surface area contributed by atoms with Crippen LogP contribution >= 0.6 is 0 Å². The number of carboxylic acids is 1. The molecule has 76 valence electrons. The highest BCUT2D eigenvalue weighted by molar-refractivity contribution is 5.82. The lowest BCUT2D eigenvalue weighted by molar-refractivity contribution is -0.138. The van der Waals surface area contributed by atoms with E-state index in [-0.39, 0.29) is 24.9 Å². The van der Waals surface area contributed by atoms with Crippen LogP contribution in [0, 0.1) is 5.92 Å². The monoisotopic (exact) mass is 188 g/mol. The van der Waals surface area contributed by atoms with E-state index in [0.717, 1.165) is 6.42 Å². The largest absolute Gasteiger partial charge is 0.480 e. The van der Waals surface area contributed by atoms with Crippen LogP contribution in [0.1, 0.15) is 19.8 Å². The van der Waals surface area contributed by atoms with Crippen molar-refractivity contribution in [1.82, 2.24) is 5.32 Å². The fraction of sp³-hybridized carbons (Fsp3) is 0.750. The Hall–Kier alpha value is -1.10. The Kier molecular flexibility index (Phi) is 5.88. The van der Waals surface area contributed by atoms with Crippen molar-refractivity contribution < 1.29 is 14.7 Å². The molecule has 0 saturated carbocycles. The summed E-state index contributed by atoms with van der Waals surface area (Å²) < 4.78 is 0. The topological polar surface area (TPSA) is 92.4 Å². The summed E-state index contributed by atoms with van der Waals surface area (Å²) in [6, 6.07) is 0. The van der Waals surface area contributed by atoms with Gasteiger partial charge in [-0.2, -0.15) is 0 Å². The molecule has 0 aliphatic rings. The molecular weight excluding hydrogens is 172 g/mol. The van der Waals surface area contributed by atoms with Gasteiger partial charge in [-0.05, 0) is 6.42 Å². The molecule has 5 nitrogen and oxygen atoms in total. The average molecular weight is 188 g/mol. The van der Waals surface area contributed by atoms with Gasteiger partial charge in [0.1, 0.15) is 6.54 Å². The molecule has 1 unspecified atom stereocenters. The number of carbonyl (C=O) groups excluding carboxylic acids is 1. The molecule has 0 aromatic heterocycles. The Labute approximate surface area is 77.3 Å². The molecule has 5 heteroatoms. The first kappa shape index (κ1) is 11.9. The van der Waals surface area contributed by atoms with Gasteiger partial charge in [0.25, 0.3) is 0 Å². The van der Waals surface area contributed by atoms with Crippen LogP contribution in [0.25, 0.3) is 0 Å². The van der Waals surface area contributed by atoms with Gasteiger partial charge in [-0.15, -0.1) is 0 Å². The molecule has 0 rings (SSSR count). The zero-order chi connectivity index (χ0) is 10.3. The van der Waals surface area contributed by atoms with Gasteiger partial charge in [0.05, 0.1) is 5.92 Å². The molecule has 0 saturated heterocycles. The van der Waals surface area contributed by atoms with Gasteiger partial charge in [-0.25, -0.2) is 0 Å². The normalized spacial score (nSPS) is 12.2. The van der Waals surface area contributed by atoms with Gasteiger partial charge in [0.2, 0.25) is 5.91 Å². The number of carbonyl (C=O) groups is 2. The van der Waals surface area contributed by atoms with E-state index in [1.807, 2.05) is 6.92 Å². The van der Waals surface area contributed by atoms with Crippen molar-refractivity contribution in [1.29, 1.82) is 0 Å². The Morgan fingerprint density at radius 1 is 1.54 bits per heavy atom. The highest BCUT2D eigenvalue weighted by Crippen LogP contribution is 2.03. The first-order valence-corrected chi connectivity index (χ1v) is 4.31. The molecule has 1 atom stereocenters. The van der Waals surface area contributed by atoms with Crippen molar-refractivity contribution in [2.24, 2.45) is 11.7 Å². The summed E-state index contributed by atoms with van der Waals surface area (Å²) in [5.41, 5.74) is 5.36. The lowest BCUT2D eigenvalue weighted by Crippen LogP contribution is -2.37. The second kappa shape index (κ2) is 6.42. The van der Waals surface area contributed by atoms with E-state index in [4.69, 9.17) is 10.8 Å². The summed E-state index contributed by atoms with van der Waals surface area (Å²) in [6.45, 7) is 1.88. The number of carboxylic acid groups (broad SMARTS) is 1. The predicted octanol–water partition coefficient (Wildman–Crippen LogP) is -0.438. The van der Waals surface area contributed by atoms with Crippen LogP contribution in [-0.4, -0.2) is 30.1 Å². The summed E-state index contributed by atoms with van der Waals surface area (Å²) in [5.74, 6) is -1.57. The van der Waals surface area contributed by atoms with Crippen LogP contribution in [0.15, 0.2) is 0 Å². The summed E-state index contributed by atoms with van der Waals surface area (Å²) in [6.07, 6.45) is 1.56. The highest BCUT2D eigenvalue weighted by Gasteiger charge is 2.15. The molecule has 4 N–H and O–H groups in total. The van der Waals surface area contributed by atoms with Crippen LogP contribution in [0.2, 0.25) is 0 Å². The molecule has 0 fully saturated rings. The summed E-state index contributed by atoms with van der Waals surface area (Å²) in [5, 5.41) is 10.6. The van der Waals surface area contributed by atoms with E-state index in [0.29, 0.717) is 6.42 Å². The van der Waals surface area contributed by atoms with Crippen molar-refractivity contribution in [3.8, 4) is 0 Å². The number of nitrogens with two attached hydrogens (primary N) is 1. The Balaban J connectivity index is 3.84. The molecule has 0 spiro atoms. The summed E-state index contributed by atoms with van der Waals surface area (Å²) in [7, 11) is 0. The first-order valence-electron chi connectivity index (χ1n) is 4.31. The maximum Gasteiger partial charge on any atom is 0.322 e. The molecule has 0 aliphatic heterocycles. The van der Waals surface area contributed by atoms with Crippen molar-refractivity contribution in [2.75, 3.05) is 13.1 Å². The van der Waals surface area contributed by atoms with E-state index in [2.05, 4.69) is 5.32 Å². The van der Waals surface area contributed by atoms with Crippen LogP contribution in [0.3, 0.4) is 0 Å². The molecule has 0 heterocycles. The van der Waals surface area contributed by atoms with E-state index in [9.17, 15) is 9.59 Å². The Morgan fingerprint density at radius 3 is 2.54 bits per heavy atom. The molecule has 0 bridgehead atoms. The lowest BCUT2D eigenvalue weighted by atomic mass is 10.0. The zero-order valence-corrected chi connectivity index (χ0v) is 7.75. The Bertz CT molecular complexity index is 182. The van der Waals surface area contributed by atoms with E-state index >= 15 is 0 Å². The molecule has 13 heavy (non-hydrogen) atoms. The van der Waals surface area contributed by atoms with Crippen molar-refractivity contribution in [3.05, 3.63) is 0 Å². The predicted molar refractivity (Wildman–Crippen MR) is 48.1 cm³/mol. The van der Waals surface area contributed by atoms with Crippen molar-refractivity contribution >= 4 is 11.9 Å². The van der Waals surface area contributed by atoms with Gasteiger partial charge < -0.3 is 16.2 Å². The third kappa shape index (κ3) is 5.19. The third-order valence-corrected chi connectivity index (χ3v) is 1.71. The zero-order valence-electron chi connectivity index (χ0n) is 7.75. The Morgan fingerprint density at radius 2 is 2.15 bits per heavy atom. The number of hydrogen-bond acceptors (Lipinski definition) is 3. The number of rotatable bonds is 6. The molecule has 0 aromatic rings. The molecular formula is C8H16N2O3. The first-order chi connectivity index (χ1) is 6.11. The van der Waals surface area contributed by atoms with Gasteiger partial charge in [0.15, 0.2) is 0 Å². The van der Waals surface area contributed by atoms with Crippen LogP contribution in [-0.2, 0) is 9.59 Å². The highest BCUT2D eigenvalue weighted by atomic mass is 16.4. The summed E-state index contributed by atoms with van der Waals surface area (Å²) >= 11 is 0. The van der Waals surface area contributed by atoms with Gasteiger partial charge in [0, 0.05) is 6.54 Å². The smallest absolute Gasteiger partial charge is 0.322 e. The van der Waals surface area contributed by atoms with E-state index in [1.54, 1.807) is 0 Å². The van der Waals surface area contributed by atoms with Gasteiger partial charge in [-0.1, -0.05) is 13.3 Å². The minimum Gasteiger partial charge on any atom is -0.480 e. The minimum atomic E-state index is -1.04. The van der Waals surface area contributed by atoms with Crippen LogP contribution in [0.5, 0.6) is 0 Å². The van der Waals surface area contributed by atoms with E-state index in [1.165, 1.54) is 0 Å². The number of nitrogens with one attached hydrogen (secondary N) is 1. The maximum absolute atomic E-state index is 11.2. The number of amides is 1. The lowest BCUT2D eigenvalue weighted by Gasteiger charge is -2.12.